The lowest BCUT2D eigenvalue weighted by Crippen LogP contribution is -2.38. The number of carbonyl (C=O) groups excluding carboxylic acids is 1. The quantitative estimate of drug-likeness (QED) is 0.851. The van der Waals surface area contributed by atoms with Crippen molar-refractivity contribution in [2.45, 2.75) is 31.4 Å². The highest BCUT2D eigenvalue weighted by atomic mass is 16.5. The molecule has 4 unspecified atom stereocenters. The summed E-state index contributed by atoms with van der Waals surface area (Å²) in [5.74, 6) is 1.22. The summed E-state index contributed by atoms with van der Waals surface area (Å²) < 4.78 is 5.81. The predicted octanol–water partition coefficient (Wildman–Crippen LogP) is 1.50. The van der Waals surface area contributed by atoms with Crippen molar-refractivity contribution in [2.24, 2.45) is 17.6 Å². The van der Waals surface area contributed by atoms with E-state index >= 15 is 0 Å². The normalized spacial score (nSPS) is 34.6. The van der Waals surface area contributed by atoms with Gasteiger partial charge in [0.2, 0.25) is 0 Å². The zero-order chi connectivity index (χ0) is 14.4. The van der Waals surface area contributed by atoms with Gasteiger partial charge >= 0.3 is 0 Å². The lowest BCUT2D eigenvalue weighted by Gasteiger charge is -2.29. The summed E-state index contributed by atoms with van der Waals surface area (Å²) >= 11 is 0. The van der Waals surface area contributed by atoms with Crippen LogP contribution in [-0.4, -0.2) is 36.5 Å². The minimum absolute atomic E-state index is 0.128. The van der Waals surface area contributed by atoms with Crippen LogP contribution < -0.4 is 5.73 Å². The number of nitrogens with zero attached hydrogens (tertiary/aromatic N) is 1. The highest BCUT2D eigenvalue weighted by Gasteiger charge is 2.44. The van der Waals surface area contributed by atoms with Crippen LogP contribution in [0.1, 0.15) is 30.1 Å². The Bertz CT molecular complexity index is 559. The Kier molecular flexibility index (Phi) is 3.23. The van der Waals surface area contributed by atoms with Gasteiger partial charge in [0.15, 0.2) is 6.10 Å². The molecule has 2 fully saturated rings. The van der Waals surface area contributed by atoms with E-state index in [1.165, 1.54) is 5.56 Å². The average molecular weight is 286 g/mol. The zero-order valence-corrected chi connectivity index (χ0v) is 12.2. The molecule has 1 aromatic carbocycles. The number of ether oxygens (including phenoxy) is 1. The van der Waals surface area contributed by atoms with Gasteiger partial charge in [-0.25, -0.2) is 0 Å². The third-order valence-corrected chi connectivity index (χ3v) is 5.44. The van der Waals surface area contributed by atoms with Crippen LogP contribution in [0, 0.1) is 11.8 Å². The van der Waals surface area contributed by atoms with Gasteiger partial charge in [-0.05, 0) is 42.2 Å². The van der Waals surface area contributed by atoms with Crippen LogP contribution in [0.25, 0.3) is 0 Å². The number of fused-ring (bicyclic) bond motifs is 2. The molecule has 4 heteroatoms. The Morgan fingerprint density at radius 3 is 2.95 bits per heavy atom. The Morgan fingerprint density at radius 1 is 1.24 bits per heavy atom. The molecule has 4 rings (SSSR count). The van der Waals surface area contributed by atoms with Crippen molar-refractivity contribution in [1.29, 1.82) is 0 Å². The minimum atomic E-state index is -0.412. The van der Waals surface area contributed by atoms with Gasteiger partial charge in [0, 0.05) is 19.1 Å². The van der Waals surface area contributed by atoms with E-state index in [9.17, 15) is 4.79 Å². The monoisotopic (exact) mass is 286 g/mol. The number of hydrogen-bond donors (Lipinski definition) is 1. The van der Waals surface area contributed by atoms with E-state index < -0.39 is 6.10 Å². The van der Waals surface area contributed by atoms with Crippen molar-refractivity contribution in [3.8, 4) is 0 Å². The maximum atomic E-state index is 12.9. The highest BCUT2D eigenvalue weighted by molar-refractivity contribution is 5.83. The molecule has 0 radical (unpaired) electrons. The van der Waals surface area contributed by atoms with Crippen LogP contribution in [0.3, 0.4) is 0 Å². The highest BCUT2D eigenvalue weighted by Crippen LogP contribution is 2.39. The maximum absolute atomic E-state index is 12.9. The number of amides is 1. The SMILES string of the molecule is NC1CCC2CN(C(=O)C3OCCc4ccccc43)CC12. The Balaban J connectivity index is 1.54. The molecule has 1 aromatic rings. The second-order valence-electron chi connectivity index (χ2n) is 6.61. The molecule has 2 aliphatic heterocycles. The molecule has 0 spiro atoms. The molecule has 1 aliphatic carbocycles. The van der Waals surface area contributed by atoms with Crippen LogP contribution in [0.4, 0.5) is 0 Å². The minimum Gasteiger partial charge on any atom is -0.363 e. The van der Waals surface area contributed by atoms with Gasteiger partial charge < -0.3 is 15.4 Å². The van der Waals surface area contributed by atoms with Gasteiger partial charge in [0.25, 0.3) is 5.91 Å². The second-order valence-corrected chi connectivity index (χ2v) is 6.61. The molecule has 1 saturated heterocycles. The first-order valence-electron chi connectivity index (χ1n) is 7.98. The van der Waals surface area contributed by atoms with Crippen LogP contribution >= 0.6 is 0 Å². The summed E-state index contributed by atoms with van der Waals surface area (Å²) in [4.78, 5) is 14.8. The summed E-state index contributed by atoms with van der Waals surface area (Å²) in [7, 11) is 0. The topological polar surface area (TPSA) is 55.6 Å². The van der Waals surface area contributed by atoms with Gasteiger partial charge in [0.05, 0.1) is 6.61 Å². The molecule has 2 N–H and O–H groups in total. The van der Waals surface area contributed by atoms with Crippen molar-refractivity contribution in [3.05, 3.63) is 35.4 Å². The van der Waals surface area contributed by atoms with E-state index in [2.05, 4.69) is 6.07 Å². The molecular weight excluding hydrogens is 264 g/mol. The van der Waals surface area contributed by atoms with Crippen LogP contribution in [0.15, 0.2) is 24.3 Å². The molecule has 21 heavy (non-hydrogen) atoms. The van der Waals surface area contributed by atoms with E-state index in [4.69, 9.17) is 10.5 Å². The van der Waals surface area contributed by atoms with E-state index in [1.807, 2.05) is 23.1 Å². The van der Waals surface area contributed by atoms with E-state index in [0.717, 1.165) is 37.9 Å². The molecule has 112 valence electrons. The number of likely N-dealkylation sites (tertiary alicyclic amines) is 1. The van der Waals surface area contributed by atoms with Crippen molar-refractivity contribution in [1.82, 2.24) is 4.90 Å². The molecule has 0 bridgehead atoms. The number of carbonyl (C=O) groups is 1. The largest absolute Gasteiger partial charge is 0.363 e. The van der Waals surface area contributed by atoms with Gasteiger partial charge in [-0.3, -0.25) is 4.79 Å². The van der Waals surface area contributed by atoms with Crippen molar-refractivity contribution in [3.63, 3.8) is 0 Å². The third kappa shape index (κ3) is 2.17. The van der Waals surface area contributed by atoms with Gasteiger partial charge in [-0.2, -0.15) is 0 Å². The number of hydrogen-bond acceptors (Lipinski definition) is 3. The molecule has 4 nitrogen and oxygen atoms in total. The first kappa shape index (κ1) is 13.3. The lowest BCUT2D eigenvalue weighted by atomic mass is 9.97. The summed E-state index contributed by atoms with van der Waals surface area (Å²) in [6, 6.07) is 8.42. The van der Waals surface area contributed by atoms with E-state index in [0.29, 0.717) is 18.4 Å². The Labute approximate surface area is 125 Å². The maximum Gasteiger partial charge on any atom is 0.256 e. The molecule has 4 atom stereocenters. The lowest BCUT2D eigenvalue weighted by molar-refractivity contribution is -0.144. The fraction of sp³-hybridized carbons (Fsp3) is 0.588. The molecule has 3 aliphatic rings. The van der Waals surface area contributed by atoms with Crippen LogP contribution in [-0.2, 0) is 16.0 Å². The third-order valence-electron chi connectivity index (χ3n) is 5.44. The number of rotatable bonds is 1. The number of benzene rings is 1. The first-order valence-corrected chi connectivity index (χ1v) is 7.98. The van der Waals surface area contributed by atoms with E-state index in [1.54, 1.807) is 0 Å². The summed E-state index contributed by atoms with van der Waals surface area (Å²) in [5, 5.41) is 0. The molecule has 1 saturated carbocycles. The fourth-order valence-corrected chi connectivity index (χ4v) is 4.25. The smallest absolute Gasteiger partial charge is 0.256 e. The zero-order valence-electron chi connectivity index (χ0n) is 12.2. The van der Waals surface area contributed by atoms with Crippen molar-refractivity contribution in [2.75, 3.05) is 19.7 Å². The van der Waals surface area contributed by atoms with Crippen molar-refractivity contribution < 1.29 is 9.53 Å². The average Bonchev–Trinajstić information content (AvgIpc) is 3.08. The standard InChI is InChI=1S/C17H22N2O2/c18-15-6-5-12-9-19(10-14(12)15)17(20)16-13-4-2-1-3-11(13)7-8-21-16/h1-4,12,14-16H,5-10,18H2. The first-order chi connectivity index (χ1) is 10.2. The molecule has 2 heterocycles. The summed E-state index contributed by atoms with van der Waals surface area (Å²) in [6.45, 7) is 2.31. The van der Waals surface area contributed by atoms with Gasteiger partial charge in [-0.1, -0.05) is 24.3 Å². The second kappa shape index (κ2) is 5.11. The predicted molar refractivity (Wildman–Crippen MR) is 79.6 cm³/mol. The molecule has 0 aromatic heterocycles. The Morgan fingerprint density at radius 2 is 2.10 bits per heavy atom. The van der Waals surface area contributed by atoms with Crippen LogP contribution in [0.2, 0.25) is 0 Å². The van der Waals surface area contributed by atoms with Gasteiger partial charge in [-0.15, -0.1) is 0 Å². The molecular formula is C17H22N2O2. The summed E-state index contributed by atoms with van der Waals surface area (Å²) in [5.41, 5.74) is 8.47. The molecule has 1 amide bonds. The van der Waals surface area contributed by atoms with E-state index in [-0.39, 0.29) is 11.9 Å². The number of nitrogens with two attached hydrogens (primary N) is 1. The van der Waals surface area contributed by atoms with Gasteiger partial charge in [0.1, 0.15) is 0 Å². The Hall–Kier alpha value is -1.39. The van der Waals surface area contributed by atoms with Crippen molar-refractivity contribution >= 4 is 5.91 Å². The fourth-order valence-electron chi connectivity index (χ4n) is 4.25. The van der Waals surface area contributed by atoms with Crippen LogP contribution in [0.5, 0.6) is 0 Å². The summed E-state index contributed by atoms with van der Waals surface area (Å²) in [6.07, 6.45) is 2.76.